The predicted octanol–water partition coefficient (Wildman–Crippen LogP) is 4.83. The molecular formula is C18H25ClFN. The molecule has 0 bridgehead atoms. The van der Waals surface area contributed by atoms with Gasteiger partial charge in [0.2, 0.25) is 0 Å². The predicted molar refractivity (Wildman–Crippen MR) is 86.1 cm³/mol. The van der Waals surface area contributed by atoms with Gasteiger partial charge in [-0.15, -0.1) is 0 Å². The van der Waals surface area contributed by atoms with Crippen LogP contribution in [0.25, 0.3) is 0 Å². The van der Waals surface area contributed by atoms with Gasteiger partial charge in [0, 0.05) is 17.1 Å². The van der Waals surface area contributed by atoms with E-state index >= 15 is 0 Å². The summed E-state index contributed by atoms with van der Waals surface area (Å²) in [5.41, 5.74) is 1.52. The number of nitrogens with one attached hydrogen (secondary N) is 1. The Balaban J connectivity index is 1.76. The topological polar surface area (TPSA) is 12.0 Å². The number of hydrogen-bond acceptors (Lipinski definition) is 1. The van der Waals surface area contributed by atoms with Crippen molar-refractivity contribution in [3.63, 3.8) is 0 Å². The largest absolute Gasteiger partial charge is 0.312 e. The van der Waals surface area contributed by atoms with Crippen molar-refractivity contribution in [1.29, 1.82) is 0 Å². The quantitative estimate of drug-likeness (QED) is 0.840. The zero-order valence-corrected chi connectivity index (χ0v) is 13.9. The van der Waals surface area contributed by atoms with E-state index in [-0.39, 0.29) is 11.4 Å². The van der Waals surface area contributed by atoms with Gasteiger partial charge in [-0.3, -0.25) is 0 Å². The van der Waals surface area contributed by atoms with Crippen molar-refractivity contribution in [3.05, 3.63) is 34.6 Å². The molecule has 116 valence electrons. The Morgan fingerprint density at radius 3 is 2.52 bits per heavy atom. The van der Waals surface area contributed by atoms with E-state index in [2.05, 4.69) is 26.1 Å². The van der Waals surface area contributed by atoms with Crippen LogP contribution in [-0.4, -0.2) is 12.1 Å². The standard InChI is InChI=1S/C18H25ClFN/c1-17(2,3)21-11-18(9-13-6-14(13)10-18)8-12-4-5-15(20)7-16(12)19/h4-5,7,13-14,21H,6,8-11H2,1-3H3. The van der Waals surface area contributed by atoms with Crippen molar-refractivity contribution in [2.24, 2.45) is 17.3 Å². The lowest BCUT2D eigenvalue weighted by Gasteiger charge is -2.35. The average molecular weight is 310 g/mol. The highest BCUT2D eigenvalue weighted by atomic mass is 35.5. The molecule has 0 saturated heterocycles. The van der Waals surface area contributed by atoms with Gasteiger partial charge >= 0.3 is 0 Å². The minimum absolute atomic E-state index is 0.131. The molecule has 0 spiro atoms. The van der Waals surface area contributed by atoms with Crippen molar-refractivity contribution in [1.82, 2.24) is 5.32 Å². The van der Waals surface area contributed by atoms with Gasteiger partial charge in [-0.05, 0) is 81.4 Å². The van der Waals surface area contributed by atoms with Crippen molar-refractivity contribution in [2.45, 2.75) is 52.0 Å². The Morgan fingerprint density at radius 1 is 1.29 bits per heavy atom. The van der Waals surface area contributed by atoms with E-state index in [9.17, 15) is 4.39 Å². The first-order chi connectivity index (χ1) is 9.76. The van der Waals surface area contributed by atoms with Crippen LogP contribution in [0.3, 0.4) is 0 Å². The fraction of sp³-hybridized carbons (Fsp3) is 0.667. The summed E-state index contributed by atoms with van der Waals surface area (Å²) in [5.74, 6) is 1.59. The minimum atomic E-state index is -0.250. The van der Waals surface area contributed by atoms with E-state index in [0.29, 0.717) is 10.4 Å². The molecule has 2 aliphatic rings. The Kier molecular flexibility index (Phi) is 3.82. The first kappa shape index (κ1) is 15.3. The van der Waals surface area contributed by atoms with Crippen LogP contribution in [0.2, 0.25) is 5.02 Å². The maximum Gasteiger partial charge on any atom is 0.124 e. The highest BCUT2D eigenvalue weighted by Crippen LogP contribution is 2.60. The molecule has 0 amide bonds. The zero-order valence-electron chi connectivity index (χ0n) is 13.2. The molecule has 0 radical (unpaired) electrons. The van der Waals surface area contributed by atoms with Crippen LogP contribution in [-0.2, 0) is 6.42 Å². The summed E-state index contributed by atoms with van der Waals surface area (Å²) in [7, 11) is 0. The van der Waals surface area contributed by atoms with E-state index in [1.165, 1.54) is 31.4 Å². The lowest BCUT2D eigenvalue weighted by atomic mass is 9.77. The van der Waals surface area contributed by atoms with E-state index in [0.717, 1.165) is 30.4 Å². The molecule has 1 N–H and O–H groups in total. The van der Waals surface area contributed by atoms with Crippen LogP contribution >= 0.6 is 11.6 Å². The Bertz CT molecular complexity index is 525. The van der Waals surface area contributed by atoms with Crippen LogP contribution in [0.1, 0.15) is 45.6 Å². The van der Waals surface area contributed by atoms with Gasteiger partial charge in [-0.1, -0.05) is 17.7 Å². The van der Waals surface area contributed by atoms with Crippen LogP contribution in [0, 0.1) is 23.1 Å². The van der Waals surface area contributed by atoms with Gasteiger partial charge in [-0.2, -0.15) is 0 Å². The normalized spacial score (nSPS) is 31.3. The van der Waals surface area contributed by atoms with E-state index in [1.807, 2.05) is 6.07 Å². The highest BCUT2D eigenvalue weighted by Gasteiger charge is 2.53. The summed E-state index contributed by atoms with van der Waals surface area (Å²) in [6.07, 6.45) is 4.94. The van der Waals surface area contributed by atoms with E-state index in [1.54, 1.807) is 0 Å². The first-order valence-electron chi connectivity index (χ1n) is 7.95. The van der Waals surface area contributed by atoms with Gasteiger partial charge in [0.05, 0.1) is 0 Å². The van der Waals surface area contributed by atoms with Crippen molar-refractivity contribution >= 4 is 11.6 Å². The molecule has 2 atom stereocenters. The molecule has 0 heterocycles. The second-order valence-electron chi connectivity index (χ2n) is 8.18. The van der Waals surface area contributed by atoms with Crippen LogP contribution in [0.15, 0.2) is 18.2 Å². The third-order valence-corrected chi connectivity index (χ3v) is 5.39. The molecule has 21 heavy (non-hydrogen) atoms. The van der Waals surface area contributed by atoms with Crippen molar-refractivity contribution in [2.75, 3.05) is 6.54 Å². The van der Waals surface area contributed by atoms with Gasteiger partial charge in [0.25, 0.3) is 0 Å². The molecule has 1 aromatic rings. The number of benzene rings is 1. The second-order valence-corrected chi connectivity index (χ2v) is 8.59. The van der Waals surface area contributed by atoms with Crippen molar-refractivity contribution in [3.8, 4) is 0 Å². The molecular weight excluding hydrogens is 285 g/mol. The summed E-state index contributed by atoms with van der Waals surface area (Å²) >= 11 is 6.25. The third kappa shape index (κ3) is 3.60. The van der Waals surface area contributed by atoms with E-state index < -0.39 is 0 Å². The average Bonchev–Trinajstić information content (AvgIpc) is 2.98. The number of rotatable bonds is 4. The molecule has 1 nitrogen and oxygen atoms in total. The SMILES string of the molecule is CC(C)(C)NCC1(Cc2ccc(F)cc2Cl)CC2CC2C1. The smallest absolute Gasteiger partial charge is 0.124 e. The monoisotopic (exact) mass is 309 g/mol. The fourth-order valence-electron chi connectivity index (χ4n) is 3.88. The summed E-state index contributed by atoms with van der Waals surface area (Å²) < 4.78 is 13.2. The van der Waals surface area contributed by atoms with Crippen LogP contribution < -0.4 is 5.32 Å². The molecule has 2 unspecified atom stereocenters. The summed E-state index contributed by atoms with van der Waals surface area (Å²) in [4.78, 5) is 0. The Morgan fingerprint density at radius 2 is 1.95 bits per heavy atom. The molecule has 3 heteroatoms. The fourth-order valence-corrected chi connectivity index (χ4v) is 4.11. The van der Waals surface area contributed by atoms with Crippen molar-refractivity contribution < 1.29 is 4.39 Å². The van der Waals surface area contributed by atoms with Crippen LogP contribution in [0.5, 0.6) is 0 Å². The summed E-state index contributed by atoms with van der Waals surface area (Å²) in [6, 6.07) is 4.83. The molecule has 2 fully saturated rings. The summed E-state index contributed by atoms with van der Waals surface area (Å²) in [5, 5.41) is 4.25. The van der Waals surface area contributed by atoms with Gasteiger partial charge in [0.15, 0.2) is 0 Å². The second kappa shape index (κ2) is 5.24. The minimum Gasteiger partial charge on any atom is -0.312 e. The zero-order chi connectivity index (χ0) is 15.3. The Hall–Kier alpha value is -0.600. The lowest BCUT2D eigenvalue weighted by Crippen LogP contribution is -2.44. The third-order valence-electron chi connectivity index (χ3n) is 5.03. The number of hydrogen-bond donors (Lipinski definition) is 1. The molecule has 2 saturated carbocycles. The molecule has 3 rings (SSSR count). The molecule has 2 aliphatic carbocycles. The van der Waals surface area contributed by atoms with Gasteiger partial charge in [-0.25, -0.2) is 4.39 Å². The molecule has 0 aliphatic heterocycles. The maximum atomic E-state index is 13.2. The molecule has 0 aromatic heterocycles. The van der Waals surface area contributed by atoms with Gasteiger partial charge in [0.1, 0.15) is 5.82 Å². The first-order valence-corrected chi connectivity index (χ1v) is 8.33. The number of halogens is 2. The highest BCUT2D eigenvalue weighted by molar-refractivity contribution is 6.31. The van der Waals surface area contributed by atoms with Crippen LogP contribution in [0.4, 0.5) is 4.39 Å². The molecule has 1 aromatic carbocycles. The number of fused-ring (bicyclic) bond motifs is 1. The summed E-state index contributed by atoms with van der Waals surface area (Å²) in [6.45, 7) is 7.65. The lowest BCUT2D eigenvalue weighted by molar-refractivity contribution is 0.222. The van der Waals surface area contributed by atoms with Gasteiger partial charge < -0.3 is 5.32 Å². The Labute approximate surface area is 132 Å². The van der Waals surface area contributed by atoms with E-state index in [4.69, 9.17) is 11.6 Å². The maximum absolute atomic E-state index is 13.2.